The molecule has 37 heavy (non-hydrogen) atoms. The Balaban J connectivity index is 1.49. The van der Waals surface area contributed by atoms with Crippen LogP contribution in [-0.4, -0.2) is 63.7 Å². The third-order valence-electron chi connectivity index (χ3n) is 6.86. The van der Waals surface area contributed by atoms with Gasteiger partial charge in [0.1, 0.15) is 0 Å². The van der Waals surface area contributed by atoms with Crippen molar-refractivity contribution in [3.05, 3.63) is 59.2 Å². The molecule has 0 spiro atoms. The number of benzene rings is 2. The molecule has 1 aliphatic carbocycles. The smallest absolute Gasteiger partial charge is 0.396 e. The van der Waals surface area contributed by atoms with Crippen molar-refractivity contribution in [2.24, 2.45) is 4.99 Å². The minimum Gasteiger partial charge on any atom is -0.396 e. The number of aromatic amines is 1. The molecule has 2 fully saturated rings. The molecule has 0 bridgehead atoms. The summed E-state index contributed by atoms with van der Waals surface area (Å²) in [5.41, 5.74) is 1.10. The predicted molar refractivity (Wildman–Crippen MR) is 131 cm³/mol. The minimum absolute atomic E-state index is 0.0480. The van der Waals surface area contributed by atoms with Gasteiger partial charge in [-0.15, -0.1) is 0 Å². The molecule has 8 nitrogen and oxygen atoms in total. The summed E-state index contributed by atoms with van der Waals surface area (Å²) in [4.78, 5) is 37.0. The summed E-state index contributed by atoms with van der Waals surface area (Å²) >= 11 is 0. The maximum Gasteiger partial charge on any atom is 0.416 e. The monoisotopic (exact) mass is 515 g/mol. The van der Waals surface area contributed by atoms with Gasteiger partial charge in [0.25, 0.3) is 5.91 Å². The molecule has 5 rings (SSSR count). The van der Waals surface area contributed by atoms with Crippen molar-refractivity contribution >= 4 is 28.5 Å². The first-order chi connectivity index (χ1) is 17.7. The van der Waals surface area contributed by atoms with Crippen LogP contribution in [0.25, 0.3) is 11.0 Å². The molecule has 2 aliphatic rings. The molecule has 1 saturated heterocycles. The van der Waals surface area contributed by atoms with Crippen molar-refractivity contribution in [3.63, 3.8) is 0 Å². The van der Waals surface area contributed by atoms with Gasteiger partial charge < -0.3 is 19.6 Å². The number of hydrogen-bond acceptors (Lipinski definition) is 4. The molecule has 1 aliphatic heterocycles. The second-order valence-electron chi connectivity index (χ2n) is 9.44. The van der Waals surface area contributed by atoms with E-state index in [1.54, 1.807) is 9.47 Å². The van der Waals surface area contributed by atoms with E-state index >= 15 is 0 Å². The number of aryl methyl sites for hydroxylation is 1. The zero-order valence-corrected chi connectivity index (χ0v) is 20.2. The standard InChI is InChI=1S/C26H28F3N5O3/c27-26(28,29)18-4-1-3-17(15-18)24(37)31-25-30-21-16-20(7-8-22(21)34(25)10-2-14-35)33-13-12-32(19-5-6-19)11-9-23(33)36/h1,3-4,7-8,15-16,19,35H,2,5-6,9-14H2,(H,30,31,37). The quantitative estimate of drug-likeness (QED) is 0.527. The molecule has 1 aromatic heterocycles. The number of nitrogens with one attached hydrogen (secondary N) is 1. The number of nitrogens with zero attached hydrogens (tertiary/aromatic N) is 4. The van der Waals surface area contributed by atoms with Crippen LogP contribution in [0.1, 0.15) is 41.6 Å². The summed E-state index contributed by atoms with van der Waals surface area (Å²) in [6.45, 7) is 2.40. The van der Waals surface area contributed by atoms with Gasteiger partial charge in [0.05, 0.1) is 16.6 Å². The van der Waals surface area contributed by atoms with Crippen molar-refractivity contribution in [2.75, 3.05) is 31.1 Å². The van der Waals surface area contributed by atoms with Crippen LogP contribution in [0.2, 0.25) is 0 Å². The molecule has 0 unspecified atom stereocenters. The number of anilines is 1. The van der Waals surface area contributed by atoms with E-state index in [0.29, 0.717) is 43.0 Å². The van der Waals surface area contributed by atoms with Gasteiger partial charge in [0.2, 0.25) is 11.5 Å². The van der Waals surface area contributed by atoms with Gasteiger partial charge in [-0.05, 0) is 55.7 Å². The molecular weight excluding hydrogens is 487 g/mol. The lowest BCUT2D eigenvalue weighted by atomic mass is 10.1. The first-order valence-corrected chi connectivity index (χ1v) is 12.4. The Morgan fingerprint density at radius 3 is 2.65 bits per heavy atom. The molecule has 2 heterocycles. The first kappa shape index (κ1) is 25.2. The Kier molecular flexibility index (Phi) is 6.91. The third-order valence-corrected chi connectivity index (χ3v) is 6.86. The summed E-state index contributed by atoms with van der Waals surface area (Å²) in [5, 5.41) is 9.35. The van der Waals surface area contributed by atoms with Crippen LogP contribution in [0.15, 0.2) is 47.5 Å². The largest absolute Gasteiger partial charge is 0.416 e. The molecular formula is C26H28F3N5O3. The van der Waals surface area contributed by atoms with E-state index in [-0.39, 0.29) is 23.7 Å². The molecule has 2 N–H and O–H groups in total. The first-order valence-electron chi connectivity index (χ1n) is 12.4. The highest BCUT2D eigenvalue weighted by molar-refractivity contribution is 5.96. The van der Waals surface area contributed by atoms with Gasteiger partial charge in [-0.1, -0.05) is 6.07 Å². The average Bonchev–Trinajstić information content (AvgIpc) is 3.68. The number of alkyl halides is 3. The Bertz CT molecular complexity index is 1390. The number of imidazole rings is 1. The van der Waals surface area contributed by atoms with E-state index in [2.05, 4.69) is 14.9 Å². The highest BCUT2D eigenvalue weighted by Gasteiger charge is 2.33. The van der Waals surface area contributed by atoms with Crippen molar-refractivity contribution in [3.8, 4) is 0 Å². The number of hydrogen-bond donors (Lipinski definition) is 2. The number of aliphatic hydroxyl groups is 1. The number of aliphatic hydroxyl groups excluding tert-OH is 1. The second-order valence-corrected chi connectivity index (χ2v) is 9.44. The maximum absolute atomic E-state index is 13.1. The molecule has 1 saturated carbocycles. The van der Waals surface area contributed by atoms with Crippen molar-refractivity contribution < 1.29 is 27.9 Å². The van der Waals surface area contributed by atoms with Crippen molar-refractivity contribution in [1.29, 1.82) is 0 Å². The van der Waals surface area contributed by atoms with Gasteiger partial charge in [-0.2, -0.15) is 18.2 Å². The van der Waals surface area contributed by atoms with Crippen molar-refractivity contribution in [1.82, 2.24) is 14.5 Å². The van der Waals surface area contributed by atoms with Crippen LogP contribution >= 0.6 is 0 Å². The lowest BCUT2D eigenvalue weighted by molar-refractivity contribution is -0.137. The number of amides is 2. The fourth-order valence-corrected chi connectivity index (χ4v) is 4.78. The molecule has 2 amide bonds. The number of fused-ring (bicyclic) bond motifs is 1. The number of carbonyl (C=O) groups is 2. The Labute approximate surface area is 211 Å². The highest BCUT2D eigenvalue weighted by atomic mass is 19.4. The zero-order valence-electron chi connectivity index (χ0n) is 20.2. The van der Waals surface area contributed by atoms with Gasteiger partial charge in [0.15, 0.2) is 0 Å². The van der Waals surface area contributed by atoms with Gasteiger partial charge in [0, 0.05) is 56.5 Å². The average molecular weight is 516 g/mol. The molecule has 11 heteroatoms. The number of rotatable bonds is 6. The molecule has 196 valence electrons. The third kappa shape index (κ3) is 5.47. The van der Waals surface area contributed by atoms with Crippen LogP contribution < -0.4 is 10.5 Å². The van der Waals surface area contributed by atoms with Crippen molar-refractivity contribution in [2.45, 2.75) is 44.4 Å². The SMILES string of the molecule is O=C(/N=c1\[nH]c2cc(N3CCN(C4CC4)CCC3=O)ccc2n1CCCO)c1cccc(C(F)(F)F)c1. The lowest BCUT2D eigenvalue weighted by Crippen LogP contribution is -2.33. The summed E-state index contributed by atoms with van der Waals surface area (Å²) in [7, 11) is 0. The van der Waals surface area contributed by atoms with E-state index in [0.717, 1.165) is 30.9 Å². The zero-order chi connectivity index (χ0) is 26.2. The van der Waals surface area contributed by atoms with Crippen LogP contribution in [0.3, 0.4) is 0 Å². The molecule has 0 atom stereocenters. The van der Waals surface area contributed by atoms with E-state index in [4.69, 9.17) is 0 Å². The predicted octanol–water partition coefficient (Wildman–Crippen LogP) is 3.31. The van der Waals surface area contributed by atoms with Gasteiger partial charge in [-0.3, -0.25) is 14.5 Å². The molecule has 2 aromatic carbocycles. The maximum atomic E-state index is 13.1. The summed E-state index contributed by atoms with van der Waals surface area (Å²) in [6, 6.07) is 10.2. The van der Waals surface area contributed by atoms with Crippen LogP contribution in [0, 0.1) is 0 Å². The van der Waals surface area contributed by atoms with Gasteiger partial charge in [-0.25, -0.2) is 0 Å². The molecule has 0 radical (unpaired) electrons. The van der Waals surface area contributed by atoms with Crippen LogP contribution in [0.5, 0.6) is 0 Å². The Morgan fingerprint density at radius 2 is 1.92 bits per heavy atom. The van der Waals surface area contributed by atoms with E-state index in [9.17, 15) is 27.9 Å². The minimum atomic E-state index is -4.57. The topological polar surface area (TPSA) is 93.9 Å². The Hall–Kier alpha value is -3.44. The number of H-pyrrole nitrogens is 1. The van der Waals surface area contributed by atoms with E-state index < -0.39 is 17.6 Å². The fourth-order valence-electron chi connectivity index (χ4n) is 4.78. The number of halogens is 3. The summed E-state index contributed by atoms with van der Waals surface area (Å²) < 4.78 is 41.0. The van der Waals surface area contributed by atoms with Gasteiger partial charge >= 0.3 is 6.18 Å². The van der Waals surface area contributed by atoms with Crippen LogP contribution in [-0.2, 0) is 17.5 Å². The Morgan fingerprint density at radius 1 is 1.11 bits per heavy atom. The summed E-state index contributed by atoms with van der Waals surface area (Å²) in [5.74, 6) is -0.773. The second kappa shape index (κ2) is 10.1. The fraction of sp³-hybridized carbons (Fsp3) is 0.423. The van der Waals surface area contributed by atoms with Crippen LogP contribution in [0.4, 0.5) is 18.9 Å². The number of aromatic nitrogens is 2. The van der Waals surface area contributed by atoms with E-state index in [1.807, 2.05) is 18.2 Å². The summed E-state index contributed by atoms with van der Waals surface area (Å²) in [6.07, 6.45) is -1.37. The lowest BCUT2D eigenvalue weighted by Gasteiger charge is -2.22. The normalized spacial score (nSPS) is 18.0. The molecule has 3 aromatic rings. The highest BCUT2D eigenvalue weighted by Crippen LogP contribution is 2.30. The van der Waals surface area contributed by atoms with E-state index in [1.165, 1.54) is 25.0 Å². The number of carbonyl (C=O) groups excluding carboxylic acids is 2.